The third-order valence-electron chi connectivity index (χ3n) is 4.00. The van der Waals surface area contributed by atoms with Crippen LogP contribution in [0.15, 0.2) is 72.8 Å². The number of rotatable bonds is 6. The zero-order valence-electron chi connectivity index (χ0n) is 14.1. The second-order valence-corrected chi connectivity index (χ2v) is 6.07. The number of ether oxygens (including phenoxy) is 1. The summed E-state index contributed by atoms with van der Waals surface area (Å²) in [5.74, 6) is -0.0111. The van der Waals surface area contributed by atoms with E-state index in [1.807, 2.05) is 48.5 Å². The summed E-state index contributed by atoms with van der Waals surface area (Å²) < 4.78 is 5.82. The van der Waals surface area contributed by atoms with E-state index >= 15 is 0 Å². The Morgan fingerprint density at radius 1 is 0.880 bits per heavy atom. The van der Waals surface area contributed by atoms with Crippen LogP contribution in [-0.4, -0.2) is 11.1 Å². The first-order chi connectivity index (χ1) is 12.1. The second-order valence-electron chi connectivity index (χ2n) is 6.07. The number of carboxylic acids is 1. The molecule has 25 heavy (non-hydrogen) atoms. The van der Waals surface area contributed by atoms with Crippen molar-refractivity contribution in [3.05, 3.63) is 89.5 Å². The third kappa shape index (κ3) is 4.70. The average Bonchev–Trinajstić information content (AvgIpc) is 2.61. The Kier molecular flexibility index (Phi) is 5.14. The van der Waals surface area contributed by atoms with Crippen molar-refractivity contribution in [2.75, 3.05) is 0 Å². The predicted molar refractivity (Wildman–Crippen MR) is 98.7 cm³/mol. The highest BCUT2D eigenvalue weighted by atomic mass is 16.5. The number of hydrogen-bond donors (Lipinski definition) is 1. The molecular formula is C22H20O3. The highest BCUT2D eigenvalue weighted by molar-refractivity contribution is 5.72. The van der Waals surface area contributed by atoms with Gasteiger partial charge < -0.3 is 9.84 Å². The molecule has 0 aliphatic heterocycles. The number of hydrogen-bond acceptors (Lipinski definition) is 2. The van der Waals surface area contributed by atoms with Gasteiger partial charge in [-0.05, 0) is 41.3 Å². The highest BCUT2D eigenvalue weighted by Gasteiger charge is 2.04. The molecule has 3 aromatic carbocycles. The van der Waals surface area contributed by atoms with E-state index in [0.717, 1.165) is 28.0 Å². The smallest absolute Gasteiger partial charge is 0.307 e. The van der Waals surface area contributed by atoms with Gasteiger partial charge in [0.15, 0.2) is 0 Å². The molecule has 0 fully saturated rings. The summed E-state index contributed by atoms with van der Waals surface area (Å²) >= 11 is 0. The van der Waals surface area contributed by atoms with Crippen LogP contribution in [0.3, 0.4) is 0 Å². The number of aryl methyl sites for hydroxylation is 1. The lowest BCUT2D eigenvalue weighted by Gasteiger charge is -2.08. The molecule has 1 N–H and O–H groups in total. The van der Waals surface area contributed by atoms with Gasteiger partial charge in [-0.2, -0.15) is 0 Å². The summed E-state index contributed by atoms with van der Waals surface area (Å²) in [6, 6.07) is 23.7. The monoisotopic (exact) mass is 332 g/mol. The SMILES string of the molecule is Cc1ccc(COc2ccc(-c3cccc(CC(=O)O)c3)cc2)cc1. The third-order valence-corrected chi connectivity index (χ3v) is 4.00. The quantitative estimate of drug-likeness (QED) is 0.700. The molecule has 0 saturated heterocycles. The maximum atomic E-state index is 10.9. The van der Waals surface area contributed by atoms with E-state index in [9.17, 15) is 4.79 Å². The van der Waals surface area contributed by atoms with Gasteiger partial charge in [0.25, 0.3) is 0 Å². The maximum Gasteiger partial charge on any atom is 0.307 e. The molecule has 0 amide bonds. The molecular weight excluding hydrogens is 312 g/mol. The minimum Gasteiger partial charge on any atom is -0.489 e. The molecule has 126 valence electrons. The first kappa shape index (κ1) is 16.8. The first-order valence-corrected chi connectivity index (χ1v) is 8.20. The lowest BCUT2D eigenvalue weighted by Crippen LogP contribution is -1.99. The minimum atomic E-state index is -0.822. The van der Waals surface area contributed by atoms with Crippen LogP contribution in [0.2, 0.25) is 0 Å². The van der Waals surface area contributed by atoms with Crippen molar-refractivity contribution in [2.24, 2.45) is 0 Å². The van der Waals surface area contributed by atoms with Crippen molar-refractivity contribution in [3.8, 4) is 16.9 Å². The number of benzene rings is 3. The number of aliphatic carboxylic acids is 1. The van der Waals surface area contributed by atoms with Gasteiger partial charge in [0.2, 0.25) is 0 Å². The fraction of sp³-hybridized carbons (Fsp3) is 0.136. The summed E-state index contributed by atoms with van der Waals surface area (Å²) in [6.07, 6.45) is 0.0333. The van der Waals surface area contributed by atoms with E-state index in [-0.39, 0.29) is 6.42 Å². The predicted octanol–water partition coefficient (Wildman–Crippen LogP) is 4.87. The molecule has 3 nitrogen and oxygen atoms in total. The summed E-state index contributed by atoms with van der Waals surface area (Å²) in [5, 5.41) is 8.92. The van der Waals surface area contributed by atoms with Crippen molar-refractivity contribution in [3.63, 3.8) is 0 Å². The average molecular weight is 332 g/mol. The first-order valence-electron chi connectivity index (χ1n) is 8.20. The summed E-state index contributed by atoms with van der Waals surface area (Å²) in [7, 11) is 0. The molecule has 0 bridgehead atoms. The van der Waals surface area contributed by atoms with E-state index in [1.54, 1.807) is 0 Å². The molecule has 0 unspecified atom stereocenters. The van der Waals surface area contributed by atoms with Crippen molar-refractivity contribution >= 4 is 5.97 Å². The molecule has 3 heteroatoms. The standard InChI is InChI=1S/C22H20O3/c1-16-5-7-17(8-6-16)15-25-21-11-9-19(10-12-21)20-4-2-3-18(13-20)14-22(23)24/h2-13H,14-15H2,1H3,(H,23,24). The van der Waals surface area contributed by atoms with E-state index in [0.29, 0.717) is 6.61 Å². The number of carboxylic acid groups (broad SMARTS) is 1. The topological polar surface area (TPSA) is 46.5 Å². The van der Waals surface area contributed by atoms with Gasteiger partial charge in [0.05, 0.1) is 6.42 Å². The van der Waals surface area contributed by atoms with Crippen LogP contribution in [0.4, 0.5) is 0 Å². The fourth-order valence-corrected chi connectivity index (χ4v) is 2.63. The maximum absolute atomic E-state index is 10.9. The largest absolute Gasteiger partial charge is 0.489 e. The van der Waals surface area contributed by atoms with Crippen LogP contribution >= 0.6 is 0 Å². The second kappa shape index (κ2) is 7.67. The molecule has 0 aliphatic carbocycles. The molecule has 0 heterocycles. The Balaban J connectivity index is 1.67. The van der Waals surface area contributed by atoms with E-state index in [1.165, 1.54) is 5.56 Å². The van der Waals surface area contributed by atoms with Crippen LogP contribution in [-0.2, 0) is 17.8 Å². The molecule has 0 saturated carbocycles. The molecule has 0 radical (unpaired) electrons. The van der Waals surface area contributed by atoms with E-state index in [2.05, 4.69) is 31.2 Å². The Morgan fingerprint density at radius 3 is 2.28 bits per heavy atom. The Morgan fingerprint density at radius 2 is 1.60 bits per heavy atom. The van der Waals surface area contributed by atoms with Gasteiger partial charge in [-0.25, -0.2) is 0 Å². The number of carbonyl (C=O) groups is 1. The lowest BCUT2D eigenvalue weighted by molar-refractivity contribution is -0.136. The normalized spacial score (nSPS) is 10.4. The Hall–Kier alpha value is -3.07. The van der Waals surface area contributed by atoms with E-state index < -0.39 is 5.97 Å². The van der Waals surface area contributed by atoms with Crippen molar-refractivity contribution in [1.29, 1.82) is 0 Å². The Labute approximate surface area is 147 Å². The summed E-state index contributed by atoms with van der Waals surface area (Å²) in [4.78, 5) is 10.9. The van der Waals surface area contributed by atoms with Crippen molar-refractivity contribution in [1.82, 2.24) is 0 Å². The van der Waals surface area contributed by atoms with Crippen LogP contribution < -0.4 is 4.74 Å². The van der Waals surface area contributed by atoms with Gasteiger partial charge in [-0.3, -0.25) is 4.79 Å². The summed E-state index contributed by atoms with van der Waals surface area (Å²) in [5.41, 5.74) is 5.21. The van der Waals surface area contributed by atoms with Crippen LogP contribution in [0, 0.1) is 6.92 Å². The van der Waals surface area contributed by atoms with Gasteiger partial charge in [0, 0.05) is 0 Å². The zero-order chi connectivity index (χ0) is 17.6. The van der Waals surface area contributed by atoms with Gasteiger partial charge in [-0.1, -0.05) is 66.2 Å². The molecule has 0 spiro atoms. The fourth-order valence-electron chi connectivity index (χ4n) is 2.63. The van der Waals surface area contributed by atoms with Gasteiger partial charge >= 0.3 is 5.97 Å². The highest BCUT2D eigenvalue weighted by Crippen LogP contribution is 2.24. The van der Waals surface area contributed by atoms with Crippen LogP contribution in [0.25, 0.3) is 11.1 Å². The molecule has 0 atom stereocenters. The molecule has 0 aromatic heterocycles. The van der Waals surface area contributed by atoms with E-state index in [4.69, 9.17) is 9.84 Å². The zero-order valence-corrected chi connectivity index (χ0v) is 14.1. The lowest BCUT2D eigenvalue weighted by atomic mass is 10.0. The van der Waals surface area contributed by atoms with Crippen LogP contribution in [0.1, 0.15) is 16.7 Å². The minimum absolute atomic E-state index is 0.0333. The molecule has 3 aromatic rings. The molecule has 0 aliphatic rings. The van der Waals surface area contributed by atoms with Crippen molar-refractivity contribution < 1.29 is 14.6 Å². The van der Waals surface area contributed by atoms with Gasteiger partial charge in [0.1, 0.15) is 12.4 Å². The van der Waals surface area contributed by atoms with Gasteiger partial charge in [-0.15, -0.1) is 0 Å². The molecule has 3 rings (SSSR count). The van der Waals surface area contributed by atoms with Crippen LogP contribution in [0.5, 0.6) is 5.75 Å². The summed E-state index contributed by atoms with van der Waals surface area (Å²) in [6.45, 7) is 2.60. The van der Waals surface area contributed by atoms with Crippen molar-refractivity contribution in [2.45, 2.75) is 20.0 Å². The Bertz CT molecular complexity index is 849.